The second-order valence-electron chi connectivity index (χ2n) is 3.18. The van der Waals surface area contributed by atoms with Crippen molar-refractivity contribution in [1.29, 1.82) is 0 Å². The Morgan fingerprint density at radius 3 is 2.53 bits per heavy atom. The molecule has 1 fully saturated rings. The van der Waals surface area contributed by atoms with Gasteiger partial charge in [0.15, 0.2) is 0 Å². The molecule has 0 bridgehead atoms. The van der Waals surface area contributed by atoms with Gasteiger partial charge in [0.25, 0.3) is 0 Å². The Morgan fingerprint density at radius 1 is 1.47 bits per heavy atom. The fraction of sp³-hybridized carbons (Fsp3) is 0.857. The Hall–Kier alpha value is -0.870. The molecule has 10 heteroatoms. The van der Waals surface area contributed by atoms with Crippen molar-refractivity contribution in [2.24, 2.45) is 0 Å². The molecule has 0 aromatic carbocycles. The van der Waals surface area contributed by atoms with Crippen LogP contribution < -0.4 is 0 Å². The number of methoxy groups -OCH3 is 1. The first kappa shape index (κ1) is 14.2. The fourth-order valence-electron chi connectivity index (χ4n) is 1.33. The average molecular weight is 277 g/mol. The number of carbonyl (C=O) groups excluding carboxylic acids is 1. The van der Waals surface area contributed by atoms with Crippen molar-refractivity contribution in [3.63, 3.8) is 0 Å². The summed E-state index contributed by atoms with van der Waals surface area (Å²) < 4.78 is 68.4. The fourth-order valence-corrected chi connectivity index (χ4v) is 2.39. The van der Waals surface area contributed by atoms with Crippen molar-refractivity contribution in [2.45, 2.75) is 11.6 Å². The minimum Gasteiger partial charge on any atom is -0.468 e. The van der Waals surface area contributed by atoms with Gasteiger partial charge < -0.3 is 9.47 Å². The van der Waals surface area contributed by atoms with Crippen molar-refractivity contribution < 1.29 is 35.9 Å². The number of sulfonamides is 1. The molecule has 0 spiro atoms. The summed E-state index contributed by atoms with van der Waals surface area (Å²) in [6, 6.07) is -1.60. The minimum atomic E-state index is -5.55. The molecule has 1 heterocycles. The van der Waals surface area contributed by atoms with E-state index in [2.05, 4.69) is 4.74 Å². The quantitative estimate of drug-likeness (QED) is 0.648. The standard InChI is InChI=1S/C7H10F3NO5S/c1-15-6(12)5-4-16-3-2-11(5)17(13,14)7(8,9)10/h5H,2-4H2,1H3. The van der Waals surface area contributed by atoms with Gasteiger partial charge in [-0.15, -0.1) is 0 Å². The lowest BCUT2D eigenvalue weighted by molar-refractivity contribution is -0.150. The monoisotopic (exact) mass is 277 g/mol. The summed E-state index contributed by atoms with van der Waals surface area (Å²) in [6.07, 6.45) is 0. The summed E-state index contributed by atoms with van der Waals surface area (Å²) in [7, 11) is -4.60. The van der Waals surface area contributed by atoms with Crippen LogP contribution in [0.15, 0.2) is 0 Å². The molecular weight excluding hydrogens is 267 g/mol. The molecule has 1 unspecified atom stereocenters. The molecule has 1 aliphatic heterocycles. The van der Waals surface area contributed by atoms with Crippen LogP contribution in [0.1, 0.15) is 0 Å². The van der Waals surface area contributed by atoms with E-state index in [9.17, 15) is 26.4 Å². The van der Waals surface area contributed by atoms with Crippen LogP contribution in [0.5, 0.6) is 0 Å². The van der Waals surface area contributed by atoms with Gasteiger partial charge in [-0.25, -0.2) is 8.42 Å². The first-order valence-corrected chi connectivity index (χ1v) is 5.89. The second-order valence-corrected chi connectivity index (χ2v) is 5.06. The number of morpholine rings is 1. The van der Waals surface area contributed by atoms with Crippen molar-refractivity contribution in [1.82, 2.24) is 4.31 Å². The third-order valence-corrected chi connectivity index (χ3v) is 3.79. The highest BCUT2D eigenvalue weighted by Crippen LogP contribution is 2.29. The van der Waals surface area contributed by atoms with Crippen LogP contribution in [-0.2, 0) is 24.3 Å². The number of carbonyl (C=O) groups is 1. The van der Waals surface area contributed by atoms with E-state index in [1.807, 2.05) is 0 Å². The van der Waals surface area contributed by atoms with Gasteiger partial charge in [-0.3, -0.25) is 4.79 Å². The molecule has 0 amide bonds. The number of ether oxygens (including phenoxy) is 2. The van der Waals surface area contributed by atoms with Gasteiger partial charge in [-0.2, -0.15) is 17.5 Å². The van der Waals surface area contributed by atoms with Gasteiger partial charge >= 0.3 is 21.5 Å². The van der Waals surface area contributed by atoms with E-state index < -0.39 is 40.7 Å². The topological polar surface area (TPSA) is 72.9 Å². The van der Waals surface area contributed by atoms with Crippen LogP contribution in [-0.4, -0.2) is 57.1 Å². The summed E-state index contributed by atoms with van der Waals surface area (Å²) in [4.78, 5) is 11.2. The maximum atomic E-state index is 12.3. The number of rotatable bonds is 2. The zero-order valence-corrected chi connectivity index (χ0v) is 9.55. The van der Waals surface area contributed by atoms with Gasteiger partial charge in [0.2, 0.25) is 0 Å². The van der Waals surface area contributed by atoms with E-state index in [0.29, 0.717) is 0 Å². The summed E-state index contributed by atoms with van der Waals surface area (Å²) in [5.41, 5.74) is -5.45. The molecule has 17 heavy (non-hydrogen) atoms. The second kappa shape index (κ2) is 4.78. The first-order valence-electron chi connectivity index (χ1n) is 4.45. The van der Waals surface area contributed by atoms with Crippen molar-refractivity contribution in [3.05, 3.63) is 0 Å². The third-order valence-electron chi connectivity index (χ3n) is 2.15. The molecule has 0 radical (unpaired) electrons. The molecule has 0 N–H and O–H groups in total. The number of esters is 1. The van der Waals surface area contributed by atoms with Crippen LogP contribution in [0, 0.1) is 0 Å². The molecular formula is C7H10F3NO5S. The molecule has 0 aromatic rings. The maximum Gasteiger partial charge on any atom is 0.511 e. The van der Waals surface area contributed by atoms with Crippen molar-refractivity contribution in [3.8, 4) is 0 Å². The highest BCUT2D eigenvalue weighted by Gasteiger charge is 2.54. The number of halogens is 3. The Kier molecular flexibility index (Phi) is 3.99. The van der Waals surface area contributed by atoms with E-state index in [0.717, 1.165) is 7.11 Å². The normalized spacial score (nSPS) is 23.4. The molecule has 1 aliphatic rings. The van der Waals surface area contributed by atoms with E-state index in [-0.39, 0.29) is 10.9 Å². The number of alkyl halides is 3. The van der Waals surface area contributed by atoms with Crippen molar-refractivity contribution >= 4 is 16.0 Å². The predicted octanol–water partition coefficient (Wildman–Crippen LogP) is -0.290. The third kappa shape index (κ3) is 2.69. The number of hydrogen-bond acceptors (Lipinski definition) is 5. The lowest BCUT2D eigenvalue weighted by atomic mass is 10.3. The molecule has 0 aliphatic carbocycles. The maximum absolute atomic E-state index is 12.3. The number of nitrogens with zero attached hydrogens (tertiary/aromatic N) is 1. The van der Waals surface area contributed by atoms with Gasteiger partial charge in [0, 0.05) is 6.54 Å². The Balaban J connectivity index is 3.05. The smallest absolute Gasteiger partial charge is 0.468 e. The SMILES string of the molecule is COC(=O)C1COCCN1S(=O)(=O)C(F)(F)F. The first-order chi connectivity index (χ1) is 7.71. The lowest BCUT2D eigenvalue weighted by Gasteiger charge is -2.32. The van der Waals surface area contributed by atoms with Crippen LogP contribution in [0.3, 0.4) is 0 Å². The molecule has 1 atom stereocenters. The Bertz CT molecular complexity index is 393. The highest BCUT2D eigenvalue weighted by atomic mass is 32.2. The predicted molar refractivity (Wildman–Crippen MR) is 48.3 cm³/mol. The van der Waals surface area contributed by atoms with Gasteiger partial charge in [-0.1, -0.05) is 0 Å². The van der Waals surface area contributed by atoms with Gasteiger partial charge in [-0.05, 0) is 0 Å². The molecule has 1 rings (SSSR count). The van der Waals surface area contributed by atoms with Gasteiger partial charge in [0.1, 0.15) is 6.04 Å². The Labute approximate surface area is 95.3 Å². The average Bonchev–Trinajstić information content (AvgIpc) is 2.26. The van der Waals surface area contributed by atoms with E-state index in [1.54, 1.807) is 0 Å². The molecule has 0 saturated carbocycles. The lowest BCUT2D eigenvalue weighted by Crippen LogP contribution is -2.56. The van der Waals surface area contributed by atoms with Crippen LogP contribution in [0.4, 0.5) is 13.2 Å². The summed E-state index contributed by atoms with van der Waals surface area (Å²) in [5, 5.41) is 0. The largest absolute Gasteiger partial charge is 0.511 e. The molecule has 100 valence electrons. The zero-order chi connectivity index (χ0) is 13.3. The van der Waals surface area contributed by atoms with Crippen LogP contribution >= 0.6 is 0 Å². The zero-order valence-electron chi connectivity index (χ0n) is 8.73. The van der Waals surface area contributed by atoms with E-state index in [1.165, 1.54) is 0 Å². The summed E-state index contributed by atoms with van der Waals surface area (Å²) >= 11 is 0. The number of hydrogen-bond donors (Lipinski definition) is 0. The molecule has 1 saturated heterocycles. The molecule has 6 nitrogen and oxygen atoms in total. The summed E-state index contributed by atoms with van der Waals surface area (Å²) in [6.45, 7) is -1.20. The highest BCUT2D eigenvalue weighted by molar-refractivity contribution is 7.90. The van der Waals surface area contributed by atoms with Crippen molar-refractivity contribution in [2.75, 3.05) is 26.9 Å². The minimum absolute atomic E-state index is 0.0579. The van der Waals surface area contributed by atoms with E-state index in [4.69, 9.17) is 4.74 Å². The van der Waals surface area contributed by atoms with Gasteiger partial charge in [0.05, 0.1) is 20.3 Å². The summed E-state index contributed by atoms with van der Waals surface area (Å²) in [5.74, 6) is -1.09. The van der Waals surface area contributed by atoms with Crippen LogP contribution in [0.25, 0.3) is 0 Å². The van der Waals surface area contributed by atoms with E-state index >= 15 is 0 Å². The molecule has 0 aromatic heterocycles. The Morgan fingerprint density at radius 2 is 2.06 bits per heavy atom. The van der Waals surface area contributed by atoms with Crippen LogP contribution in [0.2, 0.25) is 0 Å².